The summed E-state index contributed by atoms with van der Waals surface area (Å²) in [7, 11) is 0. The highest BCUT2D eigenvalue weighted by atomic mass is 32.2. The third kappa shape index (κ3) is 2.58. The van der Waals surface area contributed by atoms with E-state index in [2.05, 4.69) is 39.6 Å². The van der Waals surface area contributed by atoms with Crippen molar-refractivity contribution in [1.82, 2.24) is 14.5 Å². The molecule has 0 spiro atoms. The summed E-state index contributed by atoms with van der Waals surface area (Å²) < 4.78 is 2.14. The first-order valence-corrected chi connectivity index (χ1v) is 7.92. The molecule has 0 bridgehead atoms. The number of thioether (sulfide) groups is 1. The lowest BCUT2D eigenvalue weighted by atomic mass is 10.2. The second-order valence-corrected chi connectivity index (χ2v) is 6.24. The van der Waals surface area contributed by atoms with E-state index in [1.54, 1.807) is 0 Å². The van der Waals surface area contributed by atoms with Crippen LogP contribution in [0.1, 0.15) is 5.56 Å². The second kappa shape index (κ2) is 5.43. The summed E-state index contributed by atoms with van der Waals surface area (Å²) in [6.45, 7) is 6.45. The number of hydrogen-bond acceptors (Lipinski definition) is 4. The average molecular weight is 276 g/mol. The van der Waals surface area contributed by atoms with Gasteiger partial charge in [0.1, 0.15) is 0 Å². The van der Waals surface area contributed by atoms with Gasteiger partial charge in [-0.25, -0.2) is 4.98 Å². The van der Waals surface area contributed by atoms with Gasteiger partial charge in [-0.1, -0.05) is 12.1 Å². The van der Waals surface area contributed by atoms with E-state index in [1.807, 2.05) is 11.8 Å². The summed E-state index contributed by atoms with van der Waals surface area (Å²) in [5, 5.41) is 0. The third-order valence-corrected chi connectivity index (χ3v) is 4.70. The number of nitrogens with zero attached hydrogens (tertiary/aromatic N) is 3. The van der Waals surface area contributed by atoms with Gasteiger partial charge >= 0.3 is 0 Å². The zero-order valence-electron chi connectivity index (χ0n) is 11.3. The standard InChI is InChI=1S/C14H20N4S/c1-11-3-2-4-12-13(11)16-14(15)18(12)6-5-17-7-9-19-10-8-17/h2-4H,5-10H2,1H3,(H2,15,16). The summed E-state index contributed by atoms with van der Waals surface area (Å²) in [6.07, 6.45) is 0. The maximum Gasteiger partial charge on any atom is 0.201 e. The summed E-state index contributed by atoms with van der Waals surface area (Å²) in [4.78, 5) is 7.01. The molecule has 2 aromatic rings. The molecule has 1 saturated heterocycles. The Bertz CT molecular complexity index is 572. The summed E-state index contributed by atoms with van der Waals surface area (Å²) in [5.41, 5.74) is 9.45. The monoisotopic (exact) mass is 276 g/mol. The summed E-state index contributed by atoms with van der Waals surface area (Å²) in [6, 6.07) is 6.27. The van der Waals surface area contributed by atoms with Crippen molar-refractivity contribution < 1.29 is 0 Å². The Morgan fingerprint density at radius 1 is 1.26 bits per heavy atom. The van der Waals surface area contributed by atoms with Crippen LogP contribution in [0, 0.1) is 6.92 Å². The Hall–Kier alpha value is -1.20. The molecule has 1 aliphatic heterocycles. The van der Waals surface area contributed by atoms with E-state index in [9.17, 15) is 0 Å². The Labute approximate surface area is 118 Å². The molecular weight excluding hydrogens is 256 g/mol. The number of hydrogen-bond donors (Lipinski definition) is 1. The minimum Gasteiger partial charge on any atom is -0.369 e. The molecule has 3 rings (SSSR count). The summed E-state index contributed by atoms with van der Waals surface area (Å²) >= 11 is 2.04. The minimum atomic E-state index is 0.635. The number of benzene rings is 1. The number of aryl methyl sites for hydroxylation is 1. The number of anilines is 1. The van der Waals surface area contributed by atoms with Crippen molar-refractivity contribution in [2.24, 2.45) is 0 Å². The van der Waals surface area contributed by atoms with Gasteiger partial charge in [-0.3, -0.25) is 4.90 Å². The number of nitrogen functional groups attached to an aromatic ring is 1. The molecular formula is C14H20N4S. The molecule has 2 N–H and O–H groups in total. The lowest BCUT2D eigenvalue weighted by Crippen LogP contribution is -2.35. The number of imidazole rings is 1. The Morgan fingerprint density at radius 2 is 2.05 bits per heavy atom. The lowest BCUT2D eigenvalue weighted by Gasteiger charge is -2.26. The van der Waals surface area contributed by atoms with Crippen LogP contribution >= 0.6 is 11.8 Å². The molecule has 19 heavy (non-hydrogen) atoms. The van der Waals surface area contributed by atoms with Crippen molar-refractivity contribution in [1.29, 1.82) is 0 Å². The van der Waals surface area contributed by atoms with Crippen LogP contribution in [-0.2, 0) is 6.54 Å². The fraction of sp³-hybridized carbons (Fsp3) is 0.500. The van der Waals surface area contributed by atoms with Crippen molar-refractivity contribution in [3.63, 3.8) is 0 Å². The number of nitrogens with two attached hydrogens (primary N) is 1. The molecule has 5 heteroatoms. The van der Waals surface area contributed by atoms with Crippen LogP contribution in [0.15, 0.2) is 18.2 Å². The van der Waals surface area contributed by atoms with Gasteiger partial charge in [0.15, 0.2) is 0 Å². The van der Waals surface area contributed by atoms with Gasteiger partial charge in [-0.05, 0) is 18.6 Å². The molecule has 1 aliphatic rings. The van der Waals surface area contributed by atoms with Gasteiger partial charge in [-0.2, -0.15) is 11.8 Å². The molecule has 0 amide bonds. The van der Waals surface area contributed by atoms with E-state index >= 15 is 0 Å². The topological polar surface area (TPSA) is 47.1 Å². The molecule has 0 atom stereocenters. The fourth-order valence-electron chi connectivity index (χ4n) is 2.61. The molecule has 1 aromatic carbocycles. The van der Waals surface area contributed by atoms with E-state index in [0.717, 1.165) is 24.1 Å². The highest BCUT2D eigenvalue weighted by molar-refractivity contribution is 7.99. The molecule has 0 saturated carbocycles. The van der Waals surface area contributed by atoms with Crippen LogP contribution < -0.4 is 5.73 Å². The van der Waals surface area contributed by atoms with Crippen LogP contribution in [0.4, 0.5) is 5.95 Å². The Kier molecular flexibility index (Phi) is 3.66. The van der Waals surface area contributed by atoms with Crippen LogP contribution in [0.3, 0.4) is 0 Å². The first kappa shape index (κ1) is 12.8. The van der Waals surface area contributed by atoms with E-state index in [-0.39, 0.29) is 0 Å². The molecule has 1 aromatic heterocycles. The highest BCUT2D eigenvalue weighted by Gasteiger charge is 2.13. The predicted molar refractivity (Wildman–Crippen MR) is 82.6 cm³/mol. The van der Waals surface area contributed by atoms with Crippen molar-refractivity contribution in [2.75, 3.05) is 36.9 Å². The molecule has 0 aliphatic carbocycles. The fourth-order valence-corrected chi connectivity index (χ4v) is 3.58. The van der Waals surface area contributed by atoms with Crippen molar-refractivity contribution >= 4 is 28.7 Å². The molecule has 1 fully saturated rings. The van der Waals surface area contributed by atoms with E-state index in [0.29, 0.717) is 5.95 Å². The van der Waals surface area contributed by atoms with Crippen LogP contribution in [0.25, 0.3) is 11.0 Å². The Balaban J connectivity index is 1.80. The largest absolute Gasteiger partial charge is 0.369 e. The quantitative estimate of drug-likeness (QED) is 0.931. The van der Waals surface area contributed by atoms with Crippen LogP contribution in [0.5, 0.6) is 0 Å². The average Bonchev–Trinajstić information content (AvgIpc) is 2.75. The van der Waals surface area contributed by atoms with Gasteiger partial charge in [0.25, 0.3) is 0 Å². The number of rotatable bonds is 3. The molecule has 0 unspecified atom stereocenters. The maximum absolute atomic E-state index is 6.07. The zero-order chi connectivity index (χ0) is 13.2. The predicted octanol–water partition coefficient (Wildman–Crippen LogP) is 1.98. The van der Waals surface area contributed by atoms with Crippen LogP contribution in [-0.4, -0.2) is 45.6 Å². The number of fused-ring (bicyclic) bond motifs is 1. The zero-order valence-corrected chi connectivity index (χ0v) is 12.1. The molecule has 4 nitrogen and oxygen atoms in total. The highest BCUT2D eigenvalue weighted by Crippen LogP contribution is 2.21. The lowest BCUT2D eigenvalue weighted by molar-refractivity contribution is 0.291. The third-order valence-electron chi connectivity index (χ3n) is 3.75. The first-order chi connectivity index (χ1) is 9.25. The van der Waals surface area contributed by atoms with Gasteiger partial charge in [0.2, 0.25) is 5.95 Å². The molecule has 102 valence electrons. The van der Waals surface area contributed by atoms with Gasteiger partial charge in [0.05, 0.1) is 11.0 Å². The maximum atomic E-state index is 6.07. The number of para-hydroxylation sites is 1. The van der Waals surface area contributed by atoms with Crippen molar-refractivity contribution in [3.05, 3.63) is 23.8 Å². The smallest absolute Gasteiger partial charge is 0.201 e. The van der Waals surface area contributed by atoms with Gasteiger partial charge in [-0.15, -0.1) is 0 Å². The minimum absolute atomic E-state index is 0.635. The second-order valence-electron chi connectivity index (χ2n) is 5.02. The van der Waals surface area contributed by atoms with Crippen LogP contribution in [0.2, 0.25) is 0 Å². The first-order valence-electron chi connectivity index (χ1n) is 6.77. The van der Waals surface area contributed by atoms with Gasteiger partial charge in [0, 0.05) is 37.7 Å². The summed E-state index contributed by atoms with van der Waals surface area (Å²) in [5.74, 6) is 3.13. The van der Waals surface area contributed by atoms with E-state index < -0.39 is 0 Å². The number of aromatic nitrogens is 2. The van der Waals surface area contributed by atoms with Gasteiger partial charge < -0.3 is 10.3 Å². The SMILES string of the molecule is Cc1cccc2c1nc(N)n2CCN1CCSCC1. The van der Waals surface area contributed by atoms with E-state index in [4.69, 9.17) is 5.73 Å². The Morgan fingerprint density at radius 3 is 2.84 bits per heavy atom. The molecule has 2 heterocycles. The normalized spacial score (nSPS) is 17.1. The van der Waals surface area contributed by atoms with Crippen molar-refractivity contribution in [2.45, 2.75) is 13.5 Å². The van der Waals surface area contributed by atoms with Crippen molar-refractivity contribution in [3.8, 4) is 0 Å². The molecule has 0 radical (unpaired) electrons. The van der Waals surface area contributed by atoms with E-state index in [1.165, 1.54) is 30.2 Å².